The van der Waals surface area contributed by atoms with E-state index in [1.54, 1.807) is 12.1 Å². The van der Waals surface area contributed by atoms with Gasteiger partial charge in [0.25, 0.3) is 5.91 Å². The van der Waals surface area contributed by atoms with Gasteiger partial charge in [-0.2, -0.15) is 0 Å². The van der Waals surface area contributed by atoms with E-state index in [0.717, 1.165) is 12.2 Å². The topological polar surface area (TPSA) is 81.8 Å². The molecule has 4 rings (SSSR count). The highest BCUT2D eigenvalue weighted by atomic mass is 16.2. The van der Waals surface area contributed by atoms with E-state index < -0.39 is 17.5 Å². The van der Waals surface area contributed by atoms with E-state index in [1.807, 2.05) is 41.3 Å². The minimum atomic E-state index is -1.21. The molecule has 0 radical (unpaired) electrons. The number of imide groups is 1. The first-order valence-corrected chi connectivity index (χ1v) is 10.6. The number of nitrogens with one attached hydrogen (secondary N) is 2. The summed E-state index contributed by atoms with van der Waals surface area (Å²) in [6.45, 7) is 6.22. The SMILES string of the molecule is CC1(C)CN(C(=O)CCC2(c3ccccc3)NC(=O)NC2=O)CCN1c1ccccc1. The molecule has 2 fully saturated rings. The molecule has 0 saturated carbocycles. The second-order valence-corrected chi connectivity index (χ2v) is 8.79. The lowest BCUT2D eigenvalue weighted by Crippen LogP contribution is -2.60. The summed E-state index contributed by atoms with van der Waals surface area (Å²) in [5.41, 5.74) is 0.397. The molecule has 2 aromatic carbocycles. The lowest BCUT2D eigenvalue weighted by molar-refractivity contribution is -0.133. The number of carbonyl (C=O) groups is 3. The summed E-state index contributed by atoms with van der Waals surface area (Å²) < 4.78 is 0. The van der Waals surface area contributed by atoms with E-state index >= 15 is 0 Å². The van der Waals surface area contributed by atoms with Gasteiger partial charge in [0, 0.05) is 31.7 Å². The molecule has 0 spiro atoms. The van der Waals surface area contributed by atoms with Crippen LogP contribution in [0.2, 0.25) is 0 Å². The number of urea groups is 1. The fourth-order valence-electron chi connectivity index (χ4n) is 4.64. The van der Waals surface area contributed by atoms with Crippen molar-refractivity contribution in [2.24, 2.45) is 0 Å². The molecular formula is C24H28N4O3. The number of carbonyl (C=O) groups excluding carboxylic acids is 3. The zero-order valence-electron chi connectivity index (χ0n) is 17.9. The van der Waals surface area contributed by atoms with Crippen LogP contribution in [0.15, 0.2) is 60.7 Å². The first-order chi connectivity index (χ1) is 14.8. The minimum Gasteiger partial charge on any atom is -0.363 e. The summed E-state index contributed by atoms with van der Waals surface area (Å²) in [7, 11) is 0. The lowest BCUT2D eigenvalue weighted by atomic mass is 9.85. The molecule has 2 saturated heterocycles. The van der Waals surface area contributed by atoms with Crippen molar-refractivity contribution in [1.29, 1.82) is 0 Å². The average Bonchev–Trinajstić information content (AvgIpc) is 3.06. The fraction of sp³-hybridized carbons (Fsp3) is 0.375. The van der Waals surface area contributed by atoms with E-state index in [-0.39, 0.29) is 24.3 Å². The Hall–Kier alpha value is -3.35. The molecule has 31 heavy (non-hydrogen) atoms. The van der Waals surface area contributed by atoms with Crippen molar-refractivity contribution in [3.8, 4) is 0 Å². The second-order valence-electron chi connectivity index (χ2n) is 8.79. The van der Waals surface area contributed by atoms with Crippen LogP contribution in [0.25, 0.3) is 0 Å². The Balaban J connectivity index is 1.46. The van der Waals surface area contributed by atoms with E-state index in [2.05, 4.69) is 41.5 Å². The second kappa shape index (κ2) is 8.06. The monoisotopic (exact) mass is 420 g/mol. The van der Waals surface area contributed by atoms with Crippen LogP contribution in [0, 0.1) is 0 Å². The predicted molar refractivity (Wildman–Crippen MR) is 118 cm³/mol. The molecule has 0 bridgehead atoms. The third kappa shape index (κ3) is 4.00. The first-order valence-electron chi connectivity index (χ1n) is 10.6. The van der Waals surface area contributed by atoms with Crippen LogP contribution < -0.4 is 15.5 Å². The summed E-state index contributed by atoms with van der Waals surface area (Å²) in [4.78, 5) is 41.9. The Morgan fingerprint density at radius 3 is 2.19 bits per heavy atom. The number of hydrogen-bond acceptors (Lipinski definition) is 4. The molecule has 2 aliphatic rings. The van der Waals surface area contributed by atoms with Crippen molar-refractivity contribution in [3.63, 3.8) is 0 Å². The summed E-state index contributed by atoms with van der Waals surface area (Å²) in [5, 5.41) is 5.08. The zero-order valence-corrected chi connectivity index (χ0v) is 17.9. The number of para-hydroxylation sites is 1. The lowest BCUT2D eigenvalue weighted by Gasteiger charge is -2.48. The van der Waals surface area contributed by atoms with Gasteiger partial charge < -0.3 is 15.1 Å². The Kier molecular flexibility index (Phi) is 5.43. The molecule has 2 N–H and O–H groups in total. The maximum Gasteiger partial charge on any atom is 0.322 e. The van der Waals surface area contributed by atoms with E-state index in [4.69, 9.17) is 0 Å². The predicted octanol–water partition coefficient (Wildman–Crippen LogP) is 2.63. The molecule has 0 aliphatic carbocycles. The number of benzene rings is 2. The number of rotatable bonds is 5. The molecule has 4 amide bonds. The molecule has 2 aliphatic heterocycles. The molecule has 1 unspecified atom stereocenters. The van der Waals surface area contributed by atoms with Crippen LogP contribution in [-0.4, -0.2) is 47.9 Å². The third-order valence-electron chi connectivity index (χ3n) is 6.24. The van der Waals surface area contributed by atoms with Crippen molar-refractivity contribution in [2.75, 3.05) is 24.5 Å². The Labute approximate surface area is 182 Å². The quantitative estimate of drug-likeness (QED) is 0.729. The maximum atomic E-state index is 13.1. The van der Waals surface area contributed by atoms with Gasteiger partial charge in [0.05, 0.1) is 5.54 Å². The highest BCUT2D eigenvalue weighted by molar-refractivity contribution is 6.07. The van der Waals surface area contributed by atoms with E-state index in [0.29, 0.717) is 18.7 Å². The van der Waals surface area contributed by atoms with Gasteiger partial charge in [0.2, 0.25) is 5.91 Å². The van der Waals surface area contributed by atoms with Gasteiger partial charge in [-0.15, -0.1) is 0 Å². The smallest absolute Gasteiger partial charge is 0.322 e. The highest BCUT2D eigenvalue weighted by Gasteiger charge is 2.48. The van der Waals surface area contributed by atoms with Crippen LogP contribution >= 0.6 is 0 Å². The molecule has 7 nitrogen and oxygen atoms in total. The van der Waals surface area contributed by atoms with E-state index in [1.165, 1.54) is 0 Å². The molecule has 2 heterocycles. The van der Waals surface area contributed by atoms with Crippen molar-refractivity contribution in [1.82, 2.24) is 15.5 Å². The fourth-order valence-corrected chi connectivity index (χ4v) is 4.64. The van der Waals surface area contributed by atoms with Gasteiger partial charge in [-0.1, -0.05) is 48.5 Å². The van der Waals surface area contributed by atoms with Gasteiger partial charge in [0.15, 0.2) is 0 Å². The van der Waals surface area contributed by atoms with Crippen LogP contribution in [0.5, 0.6) is 0 Å². The van der Waals surface area contributed by atoms with Crippen LogP contribution in [0.1, 0.15) is 32.3 Å². The molecule has 0 aromatic heterocycles. The summed E-state index contributed by atoms with van der Waals surface area (Å²) in [6, 6.07) is 18.8. The van der Waals surface area contributed by atoms with Crippen LogP contribution in [0.4, 0.5) is 10.5 Å². The number of piperazine rings is 1. The van der Waals surface area contributed by atoms with Crippen molar-refractivity contribution in [3.05, 3.63) is 66.2 Å². The van der Waals surface area contributed by atoms with E-state index in [9.17, 15) is 14.4 Å². The summed E-state index contributed by atoms with van der Waals surface area (Å²) in [6.07, 6.45) is 0.386. The molecular weight excluding hydrogens is 392 g/mol. The molecule has 2 aromatic rings. The number of hydrogen-bond donors (Lipinski definition) is 2. The minimum absolute atomic E-state index is 0.00922. The molecule has 162 valence electrons. The number of nitrogens with zero attached hydrogens (tertiary/aromatic N) is 2. The average molecular weight is 421 g/mol. The van der Waals surface area contributed by atoms with Gasteiger partial charge >= 0.3 is 6.03 Å². The van der Waals surface area contributed by atoms with Crippen LogP contribution in [0.3, 0.4) is 0 Å². The standard InChI is InChI=1S/C24H28N4O3/c1-23(2)17-27(15-16-28(23)19-11-7-4-8-12-19)20(29)13-14-24(18-9-5-3-6-10-18)21(30)25-22(31)26-24/h3-12H,13-17H2,1-2H3,(H2,25,26,30,31). The van der Waals surface area contributed by atoms with Gasteiger partial charge in [-0.25, -0.2) is 4.79 Å². The van der Waals surface area contributed by atoms with Crippen molar-refractivity contribution >= 4 is 23.5 Å². The van der Waals surface area contributed by atoms with Crippen LogP contribution in [-0.2, 0) is 15.1 Å². The van der Waals surface area contributed by atoms with Gasteiger partial charge in [-0.05, 0) is 38.0 Å². The van der Waals surface area contributed by atoms with Gasteiger partial charge in [-0.3, -0.25) is 14.9 Å². The normalized spacial score (nSPS) is 22.8. The van der Waals surface area contributed by atoms with Gasteiger partial charge in [0.1, 0.15) is 5.54 Å². The number of amides is 4. The number of anilines is 1. The third-order valence-corrected chi connectivity index (χ3v) is 6.24. The Bertz CT molecular complexity index is 977. The molecule has 7 heteroatoms. The molecule has 1 atom stereocenters. The Morgan fingerprint density at radius 1 is 0.968 bits per heavy atom. The van der Waals surface area contributed by atoms with Crippen molar-refractivity contribution < 1.29 is 14.4 Å². The first kappa shape index (κ1) is 20.9. The maximum absolute atomic E-state index is 13.1. The largest absolute Gasteiger partial charge is 0.363 e. The van der Waals surface area contributed by atoms with Crippen molar-refractivity contribution in [2.45, 2.75) is 37.8 Å². The Morgan fingerprint density at radius 2 is 1.61 bits per heavy atom. The zero-order chi connectivity index (χ0) is 22.1. The summed E-state index contributed by atoms with van der Waals surface area (Å²) in [5.74, 6) is -0.421. The summed E-state index contributed by atoms with van der Waals surface area (Å²) >= 11 is 0. The highest BCUT2D eigenvalue weighted by Crippen LogP contribution is 2.32.